The van der Waals surface area contributed by atoms with Crippen molar-refractivity contribution in [3.8, 4) is 0 Å². The van der Waals surface area contributed by atoms with Gasteiger partial charge in [-0.3, -0.25) is 18.7 Å². The van der Waals surface area contributed by atoms with Crippen LogP contribution in [0.15, 0.2) is 9.59 Å². The van der Waals surface area contributed by atoms with E-state index in [1.807, 2.05) is 0 Å². The van der Waals surface area contributed by atoms with E-state index in [9.17, 15) is 14.4 Å². The highest BCUT2D eigenvalue weighted by Gasteiger charge is 2.19. The molecule has 2 aromatic heterocycles. The van der Waals surface area contributed by atoms with Crippen molar-refractivity contribution in [1.82, 2.24) is 24.0 Å². The maximum atomic E-state index is 12.4. The fourth-order valence-corrected chi connectivity index (χ4v) is 3.82. The third kappa shape index (κ3) is 3.56. The molecule has 2 heterocycles. The van der Waals surface area contributed by atoms with Crippen molar-refractivity contribution < 1.29 is 4.79 Å². The third-order valence-corrected chi connectivity index (χ3v) is 5.35. The Balaban J connectivity index is 1.71. The Morgan fingerprint density at radius 1 is 1.19 bits per heavy atom. The molecule has 0 saturated heterocycles. The van der Waals surface area contributed by atoms with Gasteiger partial charge in [0, 0.05) is 33.1 Å². The van der Waals surface area contributed by atoms with Gasteiger partial charge in [0.15, 0.2) is 11.2 Å². The van der Waals surface area contributed by atoms with Gasteiger partial charge in [0.05, 0.1) is 0 Å². The number of fused-ring (bicyclic) bond motifs is 1. The van der Waals surface area contributed by atoms with Gasteiger partial charge in [0.25, 0.3) is 5.56 Å². The van der Waals surface area contributed by atoms with Crippen LogP contribution in [-0.4, -0.2) is 30.6 Å². The second kappa shape index (κ2) is 7.65. The van der Waals surface area contributed by atoms with Gasteiger partial charge in [-0.15, -0.1) is 0 Å². The van der Waals surface area contributed by atoms with Crippen molar-refractivity contribution >= 4 is 28.7 Å². The maximum Gasteiger partial charge on any atom is 0.332 e. The van der Waals surface area contributed by atoms with Gasteiger partial charge in [-0.2, -0.15) is 4.98 Å². The minimum atomic E-state index is -0.448. The topological polar surface area (TPSA) is 90.9 Å². The molecule has 9 heteroatoms. The van der Waals surface area contributed by atoms with Crippen molar-refractivity contribution in [3.63, 3.8) is 0 Å². The lowest BCUT2D eigenvalue weighted by molar-refractivity contribution is -0.122. The Morgan fingerprint density at radius 3 is 2.58 bits per heavy atom. The third-order valence-electron chi connectivity index (χ3n) is 5.06. The van der Waals surface area contributed by atoms with Crippen LogP contribution in [0.5, 0.6) is 0 Å². The van der Waals surface area contributed by atoms with Crippen LogP contribution >= 0.6 is 11.6 Å². The predicted octanol–water partition coefficient (Wildman–Crippen LogP) is 1.32. The Kier molecular flexibility index (Phi) is 5.50. The highest BCUT2D eigenvalue weighted by atomic mass is 35.5. The van der Waals surface area contributed by atoms with E-state index in [0.29, 0.717) is 19.4 Å². The molecule has 0 spiro atoms. The number of carbonyl (C=O) groups excluding carboxylic acids is 1. The van der Waals surface area contributed by atoms with Crippen molar-refractivity contribution in [3.05, 3.63) is 26.1 Å². The monoisotopic (exact) mass is 381 g/mol. The molecule has 26 heavy (non-hydrogen) atoms. The summed E-state index contributed by atoms with van der Waals surface area (Å²) >= 11 is 6.17. The minimum absolute atomic E-state index is 0.0257. The number of aryl methyl sites for hydroxylation is 2. The van der Waals surface area contributed by atoms with E-state index in [4.69, 9.17) is 11.6 Å². The van der Waals surface area contributed by atoms with Gasteiger partial charge < -0.3 is 9.88 Å². The van der Waals surface area contributed by atoms with Crippen LogP contribution in [0.4, 0.5) is 0 Å². The Morgan fingerprint density at radius 2 is 1.88 bits per heavy atom. The molecule has 0 aliphatic heterocycles. The first-order valence-electron chi connectivity index (χ1n) is 9.01. The molecule has 3 rings (SSSR count). The molecule has 1 N–H and O–H groups in total. The molecule has 2 aromatic rings. The number of hydrogen-bond donors (Lipinski definition) is 1. The summed E-state index contributed by atoms with van der Waals surface area (Å²) < 4.78 is 3.91. The summed E-state index contributed by atoms with van der Waals surface area (Å²) in [6.45, 7) is 0.390. The van der Waals surface area contributed by atoms with Crippen LogP contribution < -0.4 is 16.6 Å². The van der Waals surface area contributed by atoms with Crippen LogP contribution in [0.3, 0.4) is 0 Å². The molecule has 8 nitrogen and oxygen atoms in total. The first-order chi connectivity index (χ1) is 12.4. The lowest BCUT2D eigenvalue weighted by atomic mass is 9.95. The number of halogens is 1. The zero-order valence-corrected chi connectivity index (χ0v) is 15.9. The maximum absolute atomic E-state index is 12.4. The summed E-state index contributed by atoms with van der Waals surface area (Å²) in [5.74, 6) is 0.0257. The van der Waals surface area contributed by atoms with E-state index in [1.54, 1.807) is 11.6 Å². The molecule has 0 radical (unpaired) electrons. The van der Waals surface area contributed by atoms with E-state index in [1.165, 1.54) is 30.9 Å². The van der Waals surface area contributed by atoms with Gasteiger partial charge in [0.2, 0.25) is 11.2 Å². The van der Waals surface area contributed by atoms with Gasteiger partial charge in [0.1, 0.15) is 0 Å². The molecular weight excluding hydrogens is 358 g/mol. The average Bonchev–Trinajstić information content (AvgIpc) is 2.96. The first kappa shape index (κ1) is 18.7. The molecule has 0 atom stereocenters. The second-order valence-electron chi connectivity index (χ2n) is 6.92. The fraction of sp³-hybridized carbons (Fsp3) is 0.647. The summed E-state index contributed by atoms with van der Waals surface area (Å²) in [7, 11) is 2.97. The Hall–Kier alpha value is -2.09. The highest BCUT2D eigenvalue weighted by Crippen LogP contribution is 2.18. The van der Waals surface area contributed by atoms with Crippen molar-refractivity contribution in [1.29, 1.82) is 0 Å². The van der Waals surface area contributed by atoms with E-state index in [-0.39, 0.29) is 28.4 Å². The standard InChI is InChI=1S/C17H24ClN5O3/c1-21-14-13(15(25)22(2)17(21)26)23(16(18)20-14)10-6-9-12(24)19-11-7-4-3-5-8-11/h11H,3-10H2,1-2H3,(H,19,24). The van der Waals surface area contributed by atoms with Gasteiger partial charge in [-0.05, 0) is 30.9 Å². The molecule has 0 unspecified atom stereocenters. The number of aromatic nitrogens is 4. The van der Waals surface area contributed by atoms with Crippen LogP contribution in [-0.2, 0) is 25.4 Å². The summed E-state index contributed by atoms with van der Waals surface area (Å²) in [6.07, 6.45) is 6.58. The normalized spacial score (nSPS) is 15.5. The van der Waals surface area contributed by atoms with Crippen molar-refractivity contribution in [2.24, 2.45) is 14.1 Å². The number of amides is 1. The van der Waals surface area contributed by atoms with Crippen LogP contribution in [0.1, 0.15) is 44.9 Å². The average molecular weight is 382 g/mol. The number of nitrogens with one attached hydrogen (secondary N) is 1. The van der Waals surface area contributed by atoms with Gasteiger partial charge >= 0.3 is 5.69 Å². The number of nitrogens with zero attached hydrogens (tertiary/aromatic N) is 4. The molecule has 1 amide bonds. The number of imidazole rings is 1. The molecular formula is C17H24ClN5O3. The fourth-order valence-electron chi connectivity index (χ4n) is 3.57. The summed E-state index contributed by atoms with van der Waals surface area (Å²) in [5, 5.41) is 3.22. The molecule has 1 aliphatic rings. The van der Waals surface area contributed by atoms with Crippen LogP contribution in [0.2, 0.25) is 5.28 Å². The molecule has 1 aliphatic carbocycles. The largest absolute Gasteiger partial charge is 0.353 e. The molecule has 0 bridgehead atoms. The van der Waals surface area contributed by atoms with Gasteiger partial charge in [-0.25, -0.2) is 4.79 Å². The SMILES string of the molecule is Cn1c(=O)c2c(nc(Cl)n2CCCC(=O)NC2CCCCC2)n(C)c1=O. The molecule has 1 fully saturated rings. The van der Waals surface area contributed by atoms with E-state index < -0.39 is 11.2 Å². The number of rotatable bonds is 5. The lowest BCUT2D eigenvalue weighted by Gasteiger charge is -2.22. The first-order valence-corrected chi connectivity index (χ1v) is 9.39. The zero-order valence-electron chi connectivity index (χ0n) is 15.1. The predicted molar refractivity (Wildman–Crippen MR) is 99.5 cm³/mol. The zero-order chi connectivity index (χ0) is 18.8. The van der Waals surface area contributed by atoms with E-state index in [0.717, 1.165) is 17.4 Å². The number of carbonyl (C=O) groups is 1. The van der Waals surface area contributed by atoms with Gasteiger partial charge in [-0.1, -0.05) is 19.3 Å². The summed E-state index contributed by atoms with van der Waals surface area (Å²) in [5.41, 5.74) is -0.341. The van der Waals surface area contributed by atoms with Crippen LogP contribution in [0, 0.1) is 0 Å². The van der Waals surface area contributed by atoms with Crippen LogP contribution in [0.25, 0.3) is 11.2 Å². The summed E-state index contributed by atoms with van der Waals surface area (Å²) in [6, 6.07) is 0.288. The molecule has 0 aromatic carbocycles. The van der Waals surface area contributed by atoms with Crippen molar-refractivity contribution in [2.75, 3.05) is 0 Å². The second-order valence-corrected chi connectivity index (χ2v) is 7.25. The molecule has 1 saturated carbocycles. The Labute approximate surface area is 155 Å². The number of hydrogen-bond acceptors (Lipinski definition) is 4. The Bertz CT molecular complexity index is 936. The minimum Gasteiger partial charge on any atom is -0.353 e. The lowest BCUT2D eigenvalue weighted by Crippen LogP contribution is -2.37. The van der Waals surface area contributed by atoms with Crippen molar-refractivity contribution in [2.45, 2.75) is 57.5 Å². The van der Waals surface area contributed by atoms with E-state index in [2.05, 4.69) is 10.3 Å². The summed E-state index contributed by atoms with van der Waals surface area (Å²) in [4.78, 5) is 40.7. The highest BCUT2D eigenvalue weighted by molar-refractivity contribution is 6.29. The molecule has 142 valence electrons. The smallest absolute Gasteiger partial charge is 0.332 e. The quantitative estimate of drug-likeness (QED) is 0.791. The van der Waals surface area contributed by atoms with E-state index >= 15 is 0 Å².